The summed E-state index contributed by atoms with van der Waals surface area (Å²) in [6.45, 7) is 1.26. The van der Waals surface area contributed by atoms with Gasteiger partial charge in [-0.2, -0.15) is 5.10 Å². The molecule has 21 heavy (non-hydrogen) atoms. The number of hydrogen-bond acceptors (Lipinski definition) is 3. The first kappa shape index (κ1) is 14.3. The monoisotopic (exact) mass is 322 g/mol. The zero-order valence-electron chi connectivity index (χ0n) is 11.3. The molecule has 1 aromatic rings. The molecular weight excluding hydrogens is 308 g/mol. The van der Waals surface area contributed by atoms with E-state index >= 15 is 0 Å². The third kappa shape index (κ3) is 2.73. The molecule has 0 spiro atoms. The molecule has 0 bridgehead atoms. The molecule has 1 saturated heterocycles. The van der Waals surface area contributed by atoms with E-state index in [1.165, 1.54) is 0 Å². The average Bonchev–Trinajstić information content (AvgIpc) is 3.05. The molecule has 1 amide bonds. The standard InChI is InChI=1S/C14H15ClN4OS/c15-10-5-3-9(4-6-10)13-11(8-19(17-13)14(16)21)18-7-1-2-12(18)20/h3-6,11H,1-2,7-8H2,(H2,16,21). The van der Waals surface area contributed by atoms with Gasteiger partial charge in [-0.25, -0.2) is 5.01 Å². The number of carbonyl (C=O) groups excluding carboxylic acids is 1. The second-order valence-corrected chi connectivity index (χ2v) is 5.97. The van der Waals surface area contributed by atoms with E-state index in [1.54, 1.807) is 5.01 Å². The summed E-state index contributed by atoms with van der Waals surface area (Å²) < 4.78 is 0. The Labute approximate surface area is 133 Å². The molecule has 2 heterocycles. The van der Waals surface area contributed by atoms with Gasteiger partial charge in [0, 0.05) is 23.6 Å². The molecule has 0 aromatic heterocycles. The number of amides is 1. The molecule has 2 aliphatic heterocycles. The lowest BCUT2D eigenvalue weighted by Crippen LogP contribution is -2.45. The minimum atomic E-state index is -0.109. The highest BCUT2D eigenvalue weighted by molar-refractivity contribution is 7.80. The second-order valence-electron chi connectivity index (χ2n) is 5.12. The number of likely N-dealkylation sites (tertiary alicyclic amines) is 1. The SMILES string of the molecule is NC(=S)N1CC(N2CCCC2=O)C(c2ccc(Cl)cc2)=N1. The van der Waals surface area contributed by atoms with Crippen molar-refractivity contribution in [3.8, 4) is 0 Å². The van der Waals surface area contributed by atoms with Crippen molar-refractivity contribution < 1.29 is 4.79 Å². The zero-order chi connectivity index (χ0) is 15.0. The van der Waals surface area contributed by atoms with Crippen molar-refractivity contribution in [3.05, 3.63) is 34.9 Å². The normalized spacial score (nSPS) is 21.9. The van der Waals surface area contributed by atoms with Crippen LogP contribution in [0.5, 0.6) is 0 Å². The fourth-order valence-corrected chi connectivity index (χ4v) is 2.98. The summed E-state index contributed by atoms with van der Waals surface area (Å²) >= 11 is 10.9. The highest BCUT2D eigenvalue weighted by Crippen LogP contribution is 2.24. The minimum Gasteiger partial charge on any atom is -0.375 e. The van der Waals surface area contributed by atoms with Crippen molar-refractivity contribution in [3.63, 3.8) is 0 Å². The van der Waals surface area contributed by atoms with Gasteiger partial charge in [-0.3, -0.25) is 4.79 Å². The van der Waals surface area contributed by atoms with E-state index in [4.69, 9.17) is 29.6 Å². The third-order valence-electron chi connectivity index (χ3n) is 3.77. The van der Waals surface area contributed by atoms with E-state index in [2.05, 4.69) is 5.10 Å². The van der Waals surface area contributed by atoms with Gasteiger partial charge in [0.2, 0.25) is 5.91 Å². The molecule has 1 unspecified atom stereocenters. The van der Waals surface area contributed by atoms with Crippen LogP contribution in [0.1, 0.15) is 18.4 Å². The first-order chi connectivity index (χ1) is 10.1. The lowest BCUT2D eigenvalue weighted by Gasteiger charge is -2.25. The summed E-state index contributed by atoms with van der Waals surface area (Å²) in [6, 6.07) is 7.31. The summed E-state index contributed by atoms with van der Waals surface area (Å²) in [5.74, 6) is 0.159. The van der Waals surface area contributed by atoms with E-state index in [0.29, 0.717) is 18.0 Å². The second kappa shape index (κ2) is 5.61. The van der Waals surface area contributed by atoms with E-state index in [0.717, 1.165) is 24.2 Å². The summed E-state index contributed by atoms with van der Waals surface area (Å²) in [5.41, 5.74) is 7.43. The average molecular weight is 323 g/mol. The van der Waals surface area contributed by atoms with Crippen LogP contribution in [-0.4, -0.2) is 45.8 Å². The van der Waals surface area contributed by atoms with Crippen LogP contribution in [0, 0.1) is 0 Å². The van der Waals surface area contributed by atoms with Crippen LogP contribution in [0.3, 0.4) is 0 Å². The third-order valence-corrected chi connectivity index (χ3v) is 4.23. The fraction of sp³-hybridized carbons (Fsp3) is 0.357. The Morgan fingerprint density at radius 1 is 1.38 bits per heavy atom. The van der Waals surface area contributed by atoms with Gasteiger partial charge in [0.05, 0.1) is 18.3 Å². The van der Waals surface area contributed by atoms with E-state index in [9.17, 15) is 4.79 Å². The summed E-state index contributed by atoms with van der Waals surface area (Å²) in [6.07, 6.45) is 1.48. The molecule has 7 heteroatoms. The summed E-state index contributed by atoms with van der Waals surface area (Å²) in [7, 11) is 0. The van der Waals surface area contributed by atoms with Crippen LogP contribution >= 0.6 is 23.8 Å². The van der Waals surface area contributed by atoms with Crippen LogP contribution in [0.25, 0.3) is 0 Å². The van der Waals surface area contributed by atoms with Crippen molar-refractivity contribution >= 4 is 40.6 Å². The highest BCUT2D eigenvalue weighted by atomic mass is 35.5. The fourth-order valence-electron chi connectivity index (χ4n) is 2.74. The van der Waals surface area contributed by atoms with Crippen molar-refractivity contribution in [1.29, 1.82) is 0 Å². The van der Waals surface area contributed by atoms with Crippen LogP contribution in [0.15, 0.2) is 29.4 Å². The molecule has 0 aliphatic carbocycles. The van der Waals surface area contributed by atoms with E-state index in [1.807, 2.05) is 29.2 Å². The van der Waals surface area contributed by atoms with Crippen molar-refractivity contribution in [2.45, 2.75) is 18.9 Å². The first-order valence-corrected chi connectivity index (χ1v) is 7.56. The van der Waals surface area contributed by atoms with Gasteiger partial charge in [-0.05, 0) is 30.8 Å². The van der Waals surface area contributed by atoms with E-state index in [-0.39, 0.29) is 17.1 Å². The van der Waals surface area contributed by atoms with E-state index < -0.39 is 0 Å². The predicted octanol–water partition coefficient (Wildman–Crippen LogP) is 1.59. The van der Waals surface area contributed by atoms with Crippen LogP contribution in [0.4, 0.5) is 0 Å². The Balaban J connectivity index is 1.95. The molecule has 2 N–H and O–H groups in total. The smallest absolute Gasteiger partial charge is 0.223 e. The van der Waals surface area contributed by atoms with Gasteiger partial charge in [0.25, 0.3) is 0 Å². The Morgan fingerprint density at radius 2 is 2.10 bits per heavy atom. The predicted molar refractivity (Wildman–Crippen MR) is 86.2 cm³/mol. The van der Waals surface area contributed by atoms with Crippen LogP contribution in [-0.2, 0) is 4.79 Å². The quantitative estimate of drug-likeness (QED) is 0.840. The number of rotatable bonds is 2. The first-order valence-electron chi connectivity index (χ1n) is 6.77. The van der Waals surface area contributed by atoms with Gasteiger partial charge < -0.3 is 10.6 Å². The molecule has 1 fully saturated rings. The molecule has 1 atom stereocenters. The lowest BCUT2D eigenvalue weighted by molar-refractivity contribution is -0.128. The zero-order valence-corrected chi connectivity index (χ0v) is 12.9. The number of benzene rings is 1. The van der Waals surface area contributed by atoms with Crippen molar-refractivity contribution in [1.82, 2.24) is 9.91 Å². The number of nitrogens with zero attached hydrogens (tertiary/aromatic N) is 3. The Bertz CT molecular complexity index is 616. The van der Waals surface area contributed by atoms with Gasteiger partial charge in [-0.15, -0.1) is 0 Å². The highest BCUT2D eigenvalue weighted by Gasteiger charge is 2.37. The van der Waals surface area contributed by atoms with Crippen LogP contribution < -0.4 is 5.73 Å². The number of halogens is 1. The molecule has 110 valence electrons. The van der Waals surface area contributed by atoms with Crippen molar-refractivity contribution in [2.75, 3.05) is 13.1 Å². The topological polar surface area (TPSA) is 61.9 Å². The number of nitrogens with two attached hydrogens (primary N) is 1. The molecule has 5 nitrogen and oxygen atoms in total. The Morgan fingerprint density at radius 3 is 2.67 bits per heavy atom. The number of thiocarbonyl (C=S) groups is 1. The molecular formula is C14H15ClN4OS. The summed E-state index contributed by atoms with van der Waals surface area (Å²) in [4.78, 5) is 13.9. The molecule has 2 aliphatic rings. The lowest BCUT2D eigenvalue weighted by atomic mass is 10.0. The molecule has 0 saturated carbocycles. The van der Waals surface area contributed by atoms with Gasteiger partial charge >= 0.3 is 0 Å². The number of hydrogen-bond donors (Lipinski definition) is 1. The Kier molecular flexibility index (Phi) is 3.82. The molecule has 1 aromatic carbocycles. The number of carbonyl (C=O) groups is 1. The molecule has 3 rings (SSSR count). The summed E-state index contributed by atoms with van der Waals surface area (Å²) in [5, 5.41) is 6.96. The van der Waals surface area contributed by atoms with Crippen LogP contribution in [0.2, 0.25) is 5.02 Å². The largest absolute Gasteiger partial charge is 0.375 e. The van der Waals surface area contributed by atoms with Crippen molar-refractivity contribution in [2.24, 2.45) is 10.8 Å². The number of hydrazone groups is 1. The minimum absolute atomic E-state index is 0.109. The Hall–Kier alpha value is -1.66. The maximum atomic E-state index is 12.0. The van der Waals surface area contributed by atoms with Gasteiger partial charge in [0.15, 0.2) is 5.11 Å². The molecule has 0 radical (unpaired) electrons. The maximum absolute atomic E-state index is 12.0. The maximum Gasteiger partial charge on any atom is 0.223 e. The van der Waals surface area contributed by atoms with Gasteiger partial charge in [0.1, 0.15) is 0 Å². The van der Waals surface area contributed by atoms with Gasteiger partial charge in [-0.1, -0.05) is 23.7 Å².